The summed E-state index contributed by atoms with van der Waals surface area (Å²) in [6, 6.07) is 4.94. The van der Waals surface area contributed by atoms with Crippen LogP contribution in [-0.4, -0.2) is 41.4 Å². The number of carbonyl (C=O) groups excluding carboxylic acids is 4. The van der Waals surface area contributed by atoms with Crippen molar-refractivity contribution in [1.82, 2.24) is 0 Å². The maximum atomic E-state index is 13.0. The second-order valence-corrected chi connectivity index (χ2v) is 6.98. The number of fused-ring (bicyclic) bond motifs is 1. The van der Waals surface area contributed by atoms with Crippen molar-refractivity contribution in [2.24, 2.45) is 17.8 Å². The van der Waals surface area contributed by atoms with Crippen molar-refractivity contribution in [3.63, 3.8) is 0 Å². The third-order valence-electron chi connectivity index (χ3n) is 5.28. The lowest BCUT2D eigenvalue weighted by atomic mass is 9.70. The molecular formula is C19H16N2O8. The predicted octanol–water partition coefficient (Wildman–Crippen LogP) is 1.14. The molecule has 3 heterocycles. The molecule has 2 saturated heterocycles. The Labute approximate surface area is 164 Å². The van der Waals surface area contributed by atoms with E-state index in [4.69, 9.17) is 9.47 Å². The van der Waals surface area contributed by atoms with Gasteiger partial charge in [0.2, 0.25) is 11.8 Å². The van der Waals surface area contributed by atoms with E-state index in [0.717, 1.165) is 4.90 Å². The number of carbonyl (C=O) groups is 4. The fourth-order valence-corrected chi connectivity index (χ4v) is 3.99. The van der Waals surface area contributed by atoms with Crippen LogP contribution in [0.4, 0.5) is 11.4 Å². The Morgan fingerprint density at radius 2 is 1.83 bits per heavy atom. The van der Waals surface area contributed by atoms with Crippen molar-refractivity contribution < 1.29 is 33.6 Å². The number of anilines is 1. The number of hydrogen-bond donors (Lipinski definition) is 0. The van der Waals surface area contributed by atoms with Gasteiger partial charge in [0.1, 0.15) is 6.10 Å². The summed E-state index contributed by atoms with van der Waals surface area (Å²) in [5.74, 6) is -5.64. The van der Waals surface area contributed by atoms with Gasteiger partial charge in [-0.2, -0.15) is 0 Å². The van der Waals surface area contributed by atoms with Crippen molar-refractivity contribution in [1.29, 1.82) is 0 Å². The van der Waals surface area contributed by atoms with Crippen molar-refractivity contribution in [2.45, 2.75) is 19.4 Å². The highest BCUT2D eigenvalue weighted by atomic mass is 16.6. The van der Waals surface area contributed by atoms with Crippen LogP contribution in [0.1, 0.15) is 13.3 Å². The Morgan fingerprint density at radius 1 is 1.17 bits per heavy atom. The molecule has 0 radical (unpaired) electrons. The van der Waals surface area contributed by atoms with Crippen LogP contribution in [0.2, 0.25) is 0 Å². The van der Waals surface area contributed by atoms with Gasteiger partial charge in [0.15, 0.2) is 0 Å². The average Bonchev–Trinajstić information content (AvgIpc) is 2.98. The van der Waals surface area contributed by atoms with E-state index in [1.165, 1.54) is 30.3 Å². The molecule has 0 spiro atoms. The SMILES string of the molecule is CCCOC(=O)C1=C[C@@H]2C(=O)O[C@H]1[C@@H]1C(=O)N(c3ccc([N+](=O)[O-])cc3)C(=O)[C@@H]12. The number of nitro benzene ring substituents is 1. The smallest absolute Gasteiger partial charge is 0.337 e. The molecule has 150 valence electrons. The summed E-state index contributed by atoms with van der Waals surface area (Å²) < 4.78 is 10.4. The van der Waals surface area contributed by atoms with Crippen LogP contribution >= 0.6 is 0 Å². The first-order valence-electron chi connectivity index (χ1n) is 9.06. The van der Waals surface area contributed by atoms with E-state index in [1.807, 2.05) is 6.92 Å². The molecule has 2 amide bonds. The molecular weight excluding hydrogens is 384 g/mol. The van der Waals surface area contributed by atoms with Gasteiger partial charge >= 0.3 is 11.9 Å². The molecule has 0 saturated carbocycles. The maximum Gasteiger partial charge on any atom is 0.337 e. The molecule has 1 aliphatic carbocycles. The van der Waals surface area contributed by atoms with Crippen molar-refractivity contribution in [3.05, 3.63) is 46.0 Å². The third-order valence-corrected chi connectivity index (χ3v) is 5.28. The summed E-state index contributed by atoms with van der Waals surface area (Å²) in [5.41, 5.74) is 0.0319. The van der Waals surface area contributed by atoms with Crippen LogP contribution in [-0.2, 0) is 28.7 Å². The molecule has 0 N–H and O–H groups in total. The first-order valence-corrected chi connectivity index (χ1v) is 9.06. The van der Waals surface area contributed by atoms with E-state index < -0.39 is 52.5 Å². The number of amides is 2. The van der Waals surface area contributed by atoms with Gasteiger partial charge in [-0.15, -0.1) is 0 Å². The summed E-state index contributed by atoms with van der Waals surface area (Å²) in [7, 11) is 0. The Balaban J connectivity index is 1.67. The monoisotopic (exact) mass is 400 g/mol. The van der Waals surface area contributed by atoms with Gasteiger partial charge in [0, 0.05) is 12.1 Å². The van der Waals surface area contributed by atoms with Crippen LogP contribution in [0.15, 0.2) is 35.9 Å². The van der Waals surface area contributed by atoms with Gasteiger partial charge in [0.05, 0.1) is 40.5 Å². The molecule has 10 heteroatoms. The molecule has 2 fully saturated rings. The van der Waals surface area contributed by atoms with Crippen molar-refractivity contribution in [2.75, 3.05) is 11.5 Å². The van der Waals surface area contributed by atoms with Gasteiger partial charge in [0.25, 0.3) is 5.69 Å². The number of ether oxygens (including phenoxy) is 2. The standard InChI is InChI=1S/C19H16N2O8/c1-2-7-28-18(24)12-8-11-13-14(15(12)29-19(11)25)17(23)20(16(13)22)9-3-5-10(6-4-9)21(26)27/h3-6,8,11,13-15H,2,7H2,1H3/t11-,13+,14+,15+/m0/s1. The van der Waals surface area contributed by atoms with E-state index in [0.29, 0.717) is 6.42 Å². The number of esters is 2. The zero-order valence-electron chi connectivity index (χ0n) is 15.3. The molecule has 5 rings (SSSR count). The summed E-state index contributed by atoms with van der Waals surface area (Å²) in [6.45, 7) is 2.00. The van der Waals surface area contributed by atoms with Crippen LogP contribution < -0.4 is 4.90 Å². The van der Waals surface area contributed by atoms with Gasteiger partial charge in [-0.1, -0.05) is 13.0 Å². The van der Waals surface area contributed by atoms with Gasteiger partial charge < -0.3 is 9.47 Å². The Morgan fingerprint density at radius 3 is 2.45 bits per heavy atom. The predicted molar refractivity (Wildman–Crippen MR) is 95.3 cm³/mol. The minimum Gasteiger partial charge on any atom is -0.462 e. The molecule has 0 unspecified atom stereocenters. The first-order chi connectivity index (χ1) is 13.8. The van der Waals surface area contributed by atoms with E-state index in [2.05, 4.69) is 0 Å². The molecule has 29 heavy (non-hydrogen) atoms. The summed E-state index contributed by atoms with van der Waals surface area (Å²) in [5, 5.41) is 10.8. The number of nitrogens with zero attached hydrogens (tertiary/aromatic N) is 2. The molecule has 1 aromatic carbocycles. The second kappa shape index (κ2) is 6.80. The van der Waals surface area contributed by atoms with Crippen LogP contribution in [0.25, 0.3) is 0 Å². The zero-order chi connectivity index (χ0) is 20.9. The number of non-ortho nitro benzene ring substituents is 1. The number of imide groups is 1. The number of benzene rings is 1. The van der Waals surface area contributed by atoms with E-state index in [-0.39, 0.29) is 23.6 Å². The average molecular weight is 400 g/mol. The van der Waals surface area contributed by atoms with Gasteiger partial charge in [-0.05, 0) is 18.6 Å². The Kier molecular flexibility index (Phi) is 4.40. The maximum absolute atomic E-state index is 13.0. The van der Waals surface area contributed by atoms with E-state index in [1.54, 1.807) is 0 Å². The Bertz CT molecular complexity index is 967. The van der Waals surface area contributed by atoms with Crippen LogP contribution in [0.5, 0.6) is 0 Å². The number of rotatable bonds is 5. The highest BCUT2D eigenvalue weighted by molar-refractivity contribution is 6.24. The minimum absolute atomic E-state index is 0.0657. The van der Waals surface area contributed by atoms with Gasteiger partial charge in [-0.25, -0.2) is 9.69 Å². The lowest BCUT2D eigenvalue weighted by Crippen LogP contribution is -2.52. The zero-order valence-corrected chi connectivity index (χ0v) is 15.3. The Hall–Kier alpha value is -3.56. The third kappa shape index (κ3) is 2.79. The molecule has 3 aliphatic heterocycles. The molecule has 1 aromatic rings. The molecule has 4 atom stereocenters. The first kappa shape index (κ1) is 18.8. The molecule has 4 aliphatic rings. The molecule has 10 nitrogen and oxygen atoms in total. The highest BCUT2D eigenvalue weighted by Crippen LogP contribution is 2.48. The second-order valence-electron chi connectivity index (χ2n) is 6.98. The van der Waals surface area contributed by atoms with Gasteiger partial charge in [-0.3, -0.25) is 24.5 Å². The number of nitro groups is 1. The molecule has 2 bridgehead atoms. The summed E-state index contributed by atoms with van der Waals surface area (Å²) in [4.78, 5) is 61.7. The minimum atomic E-state index is -1.19. The highest BCUT2D eigenvalue weighted by Gasteiger charge is 2.64. The summed E-state index contributed by atoms with van der Waals surface area (Å²) in [6.07, 6.45) is 0.770. The normalized spacial score (nSPS) is 27.4. The topological polar surface area (TPSA) is 133 Å². The van der Waals surface area contributed by atoms with Crippen LogP contribution in [0, 0.1) is 27.9 Å². The quantitative estimate of drug-likeness (QED) is 0.311. The van der Waals surface area contributed by atoms with Crippen molar-refractivity contribution in [3.8, 4) is 0 Å². The van der Waals surface area contributed by atoms with E-state index in [9.17, 15) is 29.3 Å². The lowest BCUT2D eigenvalue weighted by molar-refractivity contribution is -0.384. The fraction of sp³-hybridized carbons (Fsp3) is 0.368. The number of hydrogen-bond acceptors (Lipinski definition) is 8. The lowest BCUT2D eigenvalue weighted by Gasteiger charge is -2.39. The molecule has 0 aromatic heterocycles. The van der Waals surface area contributed by atoms with Crippen molar-refractivity contribution >= 4 is 35.1 Å². The largest absolute Gasteiger partial charge is 0.462 e. The van der Waals surface area contributed by atoms with E-state index >= 15 is 0 Å². The summed E-state index contributed by atoms with van der Waals surface area (Å²) >= 11 is 0. The fourth-order valence-electron chi connectivity index (χ4n) is 3.99. The van der Waals surface area contributed by atoms with Crippen LogP contribution in [0.3, 0.4) is 0 Å².